The van der Waals surface area contributed by atoms with Crippen molar-refractivity contribution in [2.45, 2.75) is 44.6 Å². The maximum atomic E-state index is 12.6. The molecule has 0 radical (unpaired) electrons. The van der Waals surface area contributed by atoms with E-state index in [4.69, 9.17) is 4.74 Å². The van der Waals surface area contributed by atoms with Gasteiger partial charge in [-0.15, -0.1) is 0 Å². The zero-order chi connectivity index (χ0) is 19.4. The van der Waals surface area contributed by atoms with Gasteiger partial charge < -0.3 is 24.8 Å². The van der Waals surface area contributed by atoms with Crippen LogP contribution in [0, 0.1) is 5.41 Å². The number of aromatic amines is 1. The number of aromatic nitrogens is 2. The Morgan fingerprint density at radius 1 is 1.32 bits per heavy atom. The molecule has 28 heavy (non-hydrogen) atoms. The Kier molecular flexibility index (Phi) is 5.96. The molecule has 0 aromatic carbocycles. The van der Waals surface area contributed by atoms with Crippen LogP contribution in [0.1, 0.15) is 37.8 Å². The van der Waals surface area contributed by atoms with E-state index in [0.717, 1.165) is 70.6 Å². The molecule has 3 saturated heterocycles. The smallest absolute Gasteiger partial charge is 0.225 e. The van der Waals surface area contributed by atoms with E-state index in [-0.39, 0.29) is 23.3 Å². The highest BCUT2D eigenvalue weighted by atomic mass is 16.5. The van der Waals surface area contributed by atoms with Gasteiger partial charge in [0.1, 0.15) is 0 Å². The maximum Gasteiger partial charge on any atom is 0.225 e. The van der Waals surface area contributed by atoms with Crippen LogP contribution in [0.15, 0.2) is 12.5 Å². The predicted octanol–water partition coefficient (Wildman–Crippen LogP) is 0.562. The molecule has 1 aromatic heterocycles. The average molecular weight is 390 g/mol. The lowest BCUT2D eigenvalue weighted by atomic mass is 9.72. The Hall–Kier alpha value is -1.93. The summed E-state index contributed by atoms with van der Waals surface area (Å²) in [7, 11) is 0. The zero-order valence-corrected chi connectivity index (χ0v) is 16.5. The molecule has 0 bridgehead atoms. The lowest BCUT2D eigenvalue weighted by Gasteiger charge is -2.47. The first kappa shape index (κ1) is 19.4. The van der Waals surface area contributed by atoms with E-state index in [9.17, 15) is 9.59 Å². The summed E-state index contributed by atoms with van der Waals surface area (Å²) in [6.45, 7) is 5.45. The highest BCUT2D eigenvalue weighted by molar-refractivity contribution is 5.78. The first-order chi connectivity index (χ1) is 13.6. The Morgan fingerprint density at radius 3 is 2.89 bits per heavy atom. The van der Waals surface area contributed by atoms with Crippen molar-refractivity contribution < 1.29 is 14.3 Å². The minimum Gasteiger partial charge on any atom is -0.375 e. The van der Waals surface area contributed by atoms with Gasteiger partial charge in [-0.3, -0.25) is 9.59 Å². The Morgan fingerprint density at radius 2 is 2.18 bits per heavy atom. The van der Waals surface area contributed by atoms with Gasteiger partial charge in [-0.1, -0.05) is 0 Å². The molecule has 2 amide bonds. The fraction of sp³-hybridized carbons (Fsp3) is 0.750. The summed E-state index contributed by atoms with van der Waals surface area (Å²) in [5.41, 5.74) is 1.23. The lowest BCUT2D eigenvalue weighted by Crippen LogP contribution is -2.53. The molecule has 8 nitrogen and oxygen atoms in total. The molecule has 0 saturated carbocycles. The summed E-state index contributed by atoms with van der Waals surface area (Å²) in [6, 6.07) is 0. The van der Waals surface area contributed by atoms with Gasteiger partial charge in [-0.05, 0) is 24.7 Å². The number of nitrogens with zero attached hydrogens (tertiary/aromatic N) is 3. The number of hydrogen-bond donors (Lipinski definition) is 2. The summed E-state index contributed by atoms with van der Waals surface area (Å²) in [5, 5.41) is 3.28. The van der Waals surface area contributed by atoms with Crippen LogP contribution in [0.5, 0.6) is 0 Å². The summed E-state index contributed by atoms with van der Waals surface area (Å²) in [5.74, 6) is 0.456. The number of carbonyl (C=O) groups excluding carboxylic acids is 2. The summed E-state index contributed by atoms with van der Waals surface area (Å²) >= 11 is 0. The van der Waals surface area contributed by atoms with E-state index in [1.165, 1.54) is 0 Å². The topological polar surface area (TPSA) is 90.6 Å². The van der Waals surface area contributed by atoms with E-state index in [0.29, 0.717) is 19.4 Å². The van der Waals surface area contributed by atoms with Crippen LogP contribution in [0.3, 0.4) is 0 Å². The van der Waals surface area contributed by atoms with Crippen molar-refractivity contribution in [3.63, 3.8) is 0 Å². The van der Waals surface area contributed by atoms with E-state index in [2.05, 4.69) is 15.3 Å². The van der Waals surface area contributed by atoms with Crippen molar-refractivity contribution in [3.05, 3.63) is 18.2 Å². The Labute approximate surface area is 166 Å². The Balaban J connectivity index is 1.27. The van der Waals surface area contributed by atoms with Gasteiger partial charge in [-0.2, -0.15) is 0 Å². The highest BCUT2D eigenvalue weighted by Crippen LogP contribution is 2.40. The molecule has 154 valence electrons. The first-order valence-corrected chi connectivity index (χ1v) is 10.5. The number of morpholine rings is 1. The number of piperidine rings is 2. The van der Waals surface area contributed by atoms with Crippen LogP contribution in [-0.4, -0.2) is 83.6 Å². The number of likely N-dealkylation sites (tertiary alicyclic amines) is 2. The average Bonchev–Trinajstić information content (AvgIpc) is 3.24. The lowest BCUT2D eigenvalue weighted by molar-refractivity contribution is -0.143. The molecule has 1 unspecified atom stereocenters. The van der Waals surface area contributed by atoms with Crippen LogP contribution in [0.4, 0.5) is 0 Å². The van der Waals surface area contributed by atoms with E-state index >= 15 is 0 Å². The number of amides is 2. The minimum absolute atomic E-state index is 0.00223. The summed E-state index contributed by atoms with van der Waals surface area (Å²) < 4.78 is 5.67. The van der Waals surface area contributed by atoms with Gasteiger partial charge in [-0.25, -0.2) is 4.98 Å². The molecule has 3 aliphatic heterocycles. The number of rotatable bonds is 5. The molecule has 3 aliphatic rings. The van der Waals surface area contributed by atoms with Gasteiger partial charge in [0.2, 0.25) is 11.8 Å². The molecule has 3 fully saturated rings. The quantitative estimate of drug-likeness (QED) is 0.768. The fourth-order valence-corrected chi connectivity index (χ4v) is 4.70. The van der Waals surface area contributed by atoms with Crippen molar-refractivity contribution in [1.82, 2.24) is 25.1 Å². The number of hydrogen-bond acceptors (Lipinski definition) is 5. The normalized spacial score (nSPS) is 25.3. The molecule has 1 spiro atoms. The van der Waals surface area contributed by atoms with Crippen molar-refractivity contribution >= 4 is 11.8 Å². The molecular formula is C20H31N5O3. The minimum atomic E-state index is 0.00223. The van der Waals surface area contributed by atoms with Gasteiger partial charge in [0.15, 0.2) is 0 Å². The van der Waals surface area contributed by atoms with Crippen LogP contribution < -0.4 is 5.32 Å². The van der Waals surface area contributed by atoms with E-state index < -0.39 is 0 Å². The number of H-pyrrole nitrogens is 1. The number of carbonyl (C=O) groups is 2. The summed E-state index contributed by atoms with van der Waals surface area (Å²) in [4.78, 5) is 36.2. The molecule has 1 atom stereocenters. The maximum absolute atomic E-state index is 12.6. The van der Waals surface area contributed by atoms with E-state index in [1.54, 1.807) is 6.33 Å². The highest BCUT2D eigenvalue weighted by Gasteiger charge is 2.41. The van der Waals surface area contributed by atoms with Crippen LogP contribution in [0.25, 0.3) is 0 Å². The third-order valence-electron chi connectivity index (χ3n) is 6.54. The first-order valence-electron chi connectivity index (χ1n) is 10.5. The molecule has 8 heteroatoms. The van der Waals surface area contributed by atoms with Gasteiger partial charge in [0, 0.05) is 64.0 Å². The van der Waals surface area contributed by atoms with Crippen LogP contribution in [0.2, 0.25) is 0 Å². The third kappa shape index (κ3) is 4.55. The van der Waals surface area contributed by atoms with Crippen LogP contribution >= 0.6 is 0 Å². The van der Waals surface area contributed by atoms with Gasteiger partial charge >= 0.3 is 0 Å². The van der Waals surface area contributed by atoms with Gasteiger partial charge in [0.25, 0.3) is 0 Å². The largest absolute Gasteiger partial charge is 0.375 e. The van der Waals surface area contributed by atoms with Crippen molar-refractivity contribution in [2.24, 2.45) is 5.41 Å². The molecule has 4 heterocycles. The fourth-order valence-electron chi connectivity index (χ4n) is 4.70. The monoisotopic (exact) mass is 389 g/mol. The van der Waals surface area contributed by atoms with Crippen molar-refractivity contribution in [3.8, 4) is 0 Å². The molecular weight excluding hydrogens is 358 g/mol. The number of nitrogens with one attached hydrogen (secondary N) is 2. The Bertz CT molecular complexity index is 663. The third-order valence-corrected chi connectivity index (χ3v) is 6.54. The molecule has 2 N–H and O–H groups in total. The second-order valence-corrected chi connectivity index (χ2v) is 8.42. The SMILES string of the molecule is O=C(CC1CNCCO1)N1CCC2(CCC(=O)N(CCc3cnc[nH]3)C2)CC1. The molecule has 1 aromatic rings. The predicted molar refractivity (Wildman–Crippen MR) is 104 cm³/mol. The molecule has 4 rings (SSSR count). The second-order valence-electron chi connectivity index (χ2n) is 8.42. The summed E-state index contributed by atoms with van der Waals surface area (Å²) in [6.07, 6.45) is 8.31. The van der Waals surface area contributed by atoms with Crippen LogP contribution in [-0.2, 0) is 20.7 Å². The number of ether oxygens (including phenoxy) is 1. The molecule has 0 aliphatic carbocycles. The zero-order valence-electron chi connectivity index (χ0n) is 16.5. The van der Waals surface area contributed by atoms with Crippen molar-refractivity contribution in [2.75, 3.05) is 45.9 Å². The standard InChI is InChI=1S/C20H31N5O3/c26-18-1-3-20(14-25(18)7-2-16-12-22-15-23-16)4-8-24(9-5-20)19(27)11-17-13-21-6-10-28-17/h12,15,17,21H,1-11,13-14H2,(H,22,23). The number of imidazole rings is 1. The van der Waals surface area contributed by atoms with Crippen molar-refractivity contribution in [1.29, 1.82) is 0 Å². The van der Waals surface area contributed by atoms with Gasteiger partial charge in [0.05, 0.1) is 25.5 Å². The second kappa shape index (κ2) is 8.61. The van der Waals surface area contributed by atoms with E-state index in [1.807, 2.05) is 16.0 Å².